The normalized spacial score (nSPS) is 18.9. The number of nitrogens with zero attached hydrogens (tertiary/aromatic N) is 1. The van der Waals surface area contributed by atoms with Crippen LogP contribution in [-0.2, 0) is 6.54 Å². The highest BCUT2D eigenvalue weighted by atomic mass is 16.4. The molecule has 0 saturated carbocycles. The maximum atomic E-state index is 12.2. The largest absolute Gasteiger partial charge is 0.507 e. The Bertz CT molecular complexity index is 1010. The molecule has 3 aromatic rings. The van der Waals surface area contributed by atoms with Gasteiger partial charge < -0.3 is 9.52 Å². The summed E-state index contributed by atoms with van der Waals surface area (Å²) in [5, 5.41) is 13.0. The molecule has 1 atom stereocenters. The minimum atomic E-state index is -0.358. The van der Waals surface area contributed by atoms with Crippen LogP contribution in [0.2, 0.25) is 0 Å². The molecule has 25 heavy (non-hydrogen) atoms. The van der Waals surface area contributed by atoms with E-state index in [1.54, 1.807) is 6.07 Å². The van der Waals surface area contributed by atoms with Gasteiger partial charge in [-0.2, -0.15) is 0 Å². The molecule has 1 fully saturated rings. The second-order valence-corrected chi connectivity index (χ2v) is 7.30. The lowest BCUT2D eigenvalue weighted by atomic mass is 9.97. The molecule has 2 aromatic carbocycles. The maximum absolute atomic E-state index is 12.2. The van der Waals surface area contributed by atoms with Crippen molar-refractivity contribution in [3.8, 4) is 5.75 Å². The van der Waals surface area contributed by atoms with Gasteiger partial charge in [-0.1, -0.05) is 25.1 Å². The first-order chi connectivity index (χ1) is 12.0. The van der Waals surface area contributed by atoms with Gasteiger partial charge in [0.25, 0.3) is 0 Å². The number of likely N-dealkylation sites (tertiary alicyclic amines) is 1. The number of hydrogen-bond acceptors (Lipinski definition) is 4. The quantitative estimate of drug-likeness (QED) is 0.563. The average Bonchev–Trinajstić information content (AvgIpc) is 2.61. The summed E-state index contributed by atoms with van der Waals surface area (Å²) in [6.45, 7) is 6.94. The molecule has 0 bridgehead atoms. The second-order valence-electron chi connectivity index (χ2n) is 7.30. The molecule has 1 N–H and O–H groups in total. The Morgan fingerprint density at radius 2 is 2.00 bits per heavy atom. The van der Waals surface area contributed by atoms with Gasteiger partial charge in [0.15, 0.2) is 0 Å². The van der Waals surface area contributed by atoms with E-state index >= 15 is 0 Å². The number of phenolic OH excluding ortho intramolecular Hbond substituents is 1. The Morgan fingerprint density at radius 1 is 1.24 bits per heavy atom. The van der Waals surface area contributed by atoms with Crippen molar-refractivity contribution < 1.29 is 9.52 Å². The molecule has 4 rings (SSSR count). The predicted octanol–water partition coefficient (Wildman–Crippen LogP) is 4.19. The summed E-state index contributed by atoms with van der Waals surface area (Å²) in [6, 6.07) is 9.48. The summed E-state index contributed by atoms with van der Waals surface area (Å²) < 4.78 is 5.52. The fraction of sp³-hybridized carbons (Fsp3) is 0.381. The van der Waals surface area contributed by atoms with E-state index in [9.17, 15) is 9.90 Å². The molecule has 0 spiro atoms. The molecular weight excluding hydrogens is 314 g/mol. The number of hydrogen-bond donors (Lipinski definition) is 1. The molecular formula is C21H23NO3. The van der Waals surface area contributed by atoms with Crippen molar-refractivity contribution in [1.82, 2.24) is 4.90 Å². The number of rotatable bonds is 2. The van der Waals surface area contributed by atoms with Gasteiger partial charge in [-0.05, 0) is 49.7 Å². The average molecular weight is 337 g/mol. The lowest BCUT2D eigenvalue weighted by Gasteiger charge is -2.31. The minimum Gasteiger partial charge on any atom is -0.507 e. The zero-order chi connectivity index (χ0) is 17.6. The van der Waals surface area contributed by atoms with Gasteiger partial charge in [-0.3, -0.25) is 4.90 Å². The van der Waals surface area contributed by atoms with Crippen LogP contribution < -0.4 is 5.63 Å². The van der Waals surface area contributed by atoms with E-state index in [0.29, 0.717) is 22.5 Å². The van der Waals surface area contributed by atoms with Crippen LogP contribution in [0.4, 0.5) is 0 Å². The summed E-state index contributed by atoms with van der Waals surface area (Å²) in [5.41, 5.74) is 1.67. The van der Waals surface area contributed by atoms with Crippen molar-refractivity contribution in [2.45, 2.75) is 33.2 Å². The summed E-state index contributed by atoms with van der Waals surface area (Å²) >= 11 is 0. The monoisotopic (exact) mass is 337 g/mol. The van der Waals surface area contributed by atoms with Crippen LogP contribution in [-0.4, -0.2) is 23.1 Å². The summed E-state index contributed by atoms with van der Waals surface area (Å²) in [7, 11) is 0. The second kappa shape index (κ2) is 6.19. The van der Waals surface area contributed by atoms with Crippen LogP contribution in [0.1, 0.15) is 30.9 Å². The Morgan fingerprint density at radius 3 is 2.76 bits per heavy atom. The standard InChI is InChI=1S/C21H23NO3/c1-13-6-5-9-22(11-13)12-15-10-18-16-7-3-4-8-17(16)21(24)25-20(18)14(2)19(15)23/h3-4,7-8,10,13,23H,5-6,9,11-12H2,1-2H3/t13-/m1/s1. The molecule has 1 aliphatic heterocycles. The summed E-state index contributed by atoms with van der Waals surface area (Å²) in [4.78, 5) is 14.6. The van der Waals surface area contributed by atoms with Crippen molar-refractivity contribution in [2.24, 2.45) is 5.92 Å². The Kier molecular flexibility index (Phi) is 4.00. The molecule has 0 aliphatic carbocycles. The third-order valence-corrected chi connectivity index (χ3v) is 5.33. The lowest BCUT2D eigenvalue weighted by Crippen LogP contribution is -2.33. The van der Waals surface area contributed by atoms with Crippen LogP contribution >= 0.6 is 0 Å². The van der Waals surface area contributed by atoms with Gasteiger partial charge >= 0.3 is 5.63 Å². The molecule has 4 heteroatoms. The Labute approximate surface area is 146 Å². The van der Waals surface area contributed by atoms with Crippen molar-refractivity contribution in [1.29, 1.82) is 0 Å². The highest BCUT2D eigenvalue weighted by molar-refractivity contribution is 6.05. The predicted molar refractivity (Wildman–Crippen MR) is 100 cm³/mol. The van der Waals surface area contributed by atoms with Crippen LogP contribution in [0.5, 0.6) is 5.75 Å². The molecule has 2 heterocycles. The molecule has 0 unspecified atom stereocenters. The summed E-state index contributed by atoms with van der Waals surface area (Å²) in [6.07, 6.45) is 2.47. The number of aromatic hydroxyl groups is 1. The fourth-order valence-corrected chi connectivity index (χ4v) is 4.03. The third-order valence-electron chi connectivity index (χ3n) is 5.33. The third kappa shape index (κ3) is 2.81. The van der Waals surface area contributed by atoms with Crippen molar-refractivity contribution in [3.63, 3.8) is 0 Å². The maximum Gasteiger partial charge on any atom is 0.344 e. The number of benzene rings is 2. The SMILES string of the molecule is Cc1c(O)c(CN2CCC[C@@H](C)C2)cc2c1oc(=O)c1ccccc12. The van der Waals surface area contributed by atoms with Gasteiger partial charge in [0.05, 0.1) is 5.39 Å². The van der Waals surface area contributed by atoms with E-state index in [0.717, 1.165) is 36.0 Å². The zero-order valence-electron chi connectivity index (χ0n) is 14.7. The van der Waals surface area contributed by atoms with Crippen LogP contribution in [0.25, 0.3) is 21.7 Å². The zero-order valence-corrected chi connectivity index (χ0v) is 14.7. The smallest absolute Gasteiger partial charge is 0.344 e. The number of phenols is 1. The lowest BCUT2D eigenvalue weighted by molar-refractivity contribution is 0.175. The number of fused-ring (bicyclic) bond motifs is 3. The molecule has 0 radical (unpaired) electrons. The van der Waals surface area contributed by atoms with Crippen LogP contribution in [0.15, 0.2) is 39.5 Å². The molecule has 4 nitrogen and oxygen atoms in total. The fourth-order valence-electron chi connectivity index (χ4n) is 4.03. The molecule has 1 aliphatic rings. The Balaban J connectivity index is 1.88. The van der Waals surface area contributed by atoms with Crippen LogP contribution in [0.3, 0.4) is 0 Å². The highest BCUT2D eigenvalue weighted by Gasteiger charge is 2.20. The molecule has 0 amide bonds. The molecule has 1 saturated heterocycles. The first kappa shape index (κ1) is 16.2. The Hall–Kier alpha value is -2.33. The van der Waals surface area contributed by atoms with E-state index in [2.05, 4.69) is 11.8 Å². The van der Waals surface area contributed by atoms with E-state index in [-0.39, 0.29) is 11.4 Å². The minimum absolute atomic E-state index is 0.240. The van der Waals surface area contributed by atoms with Crippen LogP contribution in [0, 0.1) is 12.8 Å². The molecule has 130 valence electrons. The number of aryl methyl sites for hydroxylation is 1. The first-order valence-corrected chi connectivity index (χ1v) is 8.94. The molecule has 1 aromatic heterocycles. The van der Waals surface area contributed by atoms with Crippen molar-refractivity contribution in [2.75, 3.05) is 13.1 Å². The van der Waals surface area contributed by atoms with Crippen molar-refractivity contribution >= 4 is 21.7 Å². The van der Waals surface area contributed by atoms with Gasteiger partial charge in [0.1, 0.15) is 11.3 Å². The highest BCUT2D eigenvalue weighted by Crippen LogP contribution is 2.34. The van der Waals surface area contributed by atoms with Gasteiger partial charge in [-0.25, -0.2) is 4.79 Å². The van der Waals surface area contributed by atoms with E-state index in [1.807, 2.05) is 31.2 Å². The van der Waals surface area contributed by atoms with E-state index < -0.39 is 0 Å². The van der Waals surface area contributed by atoms with Gasteiger partial charge in [0, 0.05) is 29.6 Å². The topological polar surface area (TPSA) is 53.7 Å². The van der Waals surface area contributed by atoms with Crippen molar-refractivity contribution in [3.05, 3.63) is 51.9 Å². The first-order valence-electron chi connectivity index (χ1n) is 8.94. The van der Waals surface area contributed by atoms with Gasteiger partial charge in [-0.15, -0.1) is 0 Å². The van der Waals surface area contributed by atoms with E-state index in [4.69, 9.17) is 4.42 Å². The van der Waals surface area contributed by atoms with E-state index in [1.165, 1.54) is 12.8 Å². The summed E-state index contributed by atoms with van der Waals surface area (Å²) in [5.74, 6) is 0.931. The van der Waals surface area contributed by atoms with Gasteiger partial charge in [0.2, 0.25) is 0 Å². The number of piperidine rings is 1.